The van der Waals surface area contributed by atoms with E-state index in [2.05, 4.69) is 10.2 Å². The molecule has 0 aliphatic carbocycles. The lowest BCUT2D eigenvalue weighted by molar-refractivity contribution is -0.384. The molecule has 1 aliphatic heterocycles. The Hall–Kier alpha value is -3.34. The number of halogens is 3. The third-order valence-corrected chi connectivity index (χ3v) is 4.72. The molecule has 0 aromatic heterocycles. The Bertz CT molecular complexity index is 913. The summed E-state index contributed by atoms with van der Waals surface area (Å²) < 4.78 is 42.0. The number of carbonyl (C=O) groups excluding carboxylic acids is 1. The van der Waals surface area contributed by atoms with Gasteiger partial charge in [-0.2, -0.15) is 13.2 Å². The number of nitro groups is 1. The van der Waals surface area contributed by atoms with Crippen molar-refractivity contribution >= 4 is 23.0 Å². The Kier molecular flexibility index (Phi) is 6.95. The van der Waals surface area contributed by atoms with Gasteiger partial charge in [-0.05, 0) is 24.3 Å². The zero-order valence-corrected chi connectivity index (χ0v) is 16.5. The van der Waals surface area contributed by atoms with Gasteiger partial charge in [0.1, 0.15) is 5.75 Å². The van der Waals surface area contributed by atoms with Crippen LogP contribution < -0.4 is 15.0 Å². The number of hydrogen-bond donors (Lipinski definition) is 1. The van der Waals surface area contributed by atoms with Crippen molar-refractivity contribution in [2.45, 2.75) is 6.18 Å². The van der Waals surface area contributed by atoms with Gasteiger partial charge in [0.25, 0.3) is 5.69 Å². The molecule has 0 spiro atoms. The molecule has 166 valence electrons. The third-order valence-electron chi connectivity index (χ3n) is 4.72. The number of nitrogens with zero attached hydrogens (tertiary/aromatic N) is 3. The molecule has 1 saturated heterocycles. The fourth-order valence-electron chi connectivity index (χ4n) is 3.20. The van der Waals surface area contributed by atoms with E-state index in [1.807, 2.05) is 4.90 Å². The minimum atomic E-state index is -4.47. The molecule has 1 N–H and O–H groups in total. The highest BCUT2D eigenvalue weighted by atomic mass is 19.4. The first-order valence-electron chi connectivity index (χ1n) is 9.51. The highest BCUT2D eigenvalue weighted by Gasteiger charge is 2.29. The van der Waals surface area contributed by atoms with Gasteiger partial charge in [0.05, 0.1) is 17.2 Å². The van der Waals surface area contributed by atoms with Crippen LogP contribution in [0.25, 0.3) is 0 Å². The maximum Gasteiger partial charge on any atom is 0.422 e. The number of non-ortho nitro benzene ring substituents is 1. The molecule has 0 unspecified atom stereocenters. The van der Waals surface area contributed by atoms with Crippen molar-refractivity contribution in [1.29, 1.82) is 0 Å². The van der Waals surface area contributed by atoms with Crippen LogP contribution in [-0.2, 0) is 4.79 Å². The van der Waals surface area contributed by atoms with E-state index in [0.29, 0.717) is 26.2 Å². The van der Waals surface area contributed by atoms with Crippen molar-refractivity contribution in [2.24, 2.45) is 0 Å². The first-order chi connectivity index (χ1) is 14.7. The molecule has 0 saturated carbocycles. The van der Waals surface area contributed by atoms with Crippen molar-refractivity contribution in [3.05, 3.63) is 58.6 Å². The van der Waals surface area contributed by atoms with Crippen LogP contribution >= 0.6 is 0 Å². The molecule has 0 bridgehead atoms. The van der Waals surface area contributed by atoms with Crippen molar-refractivity contribution in [3.63, 3.8) is 0 Å². The summed E-state index contributed by atoms with van der Waals surface area (Å²) in [5.41, 5.74) is 1.07. The zero-order chi connectivity index (χ0) is 22.4. The average Bonchev–Trinajstić information content (AvgIpc) is 2.73. The summed E-state index contributed by atoms with van der Waals surface area (Å²) in [6, 6.07) is 12.3. The quantitative estimate of drug-likeness (QED) is 0.527. The van der Waals surface area contributed by atoms with Crippen LogP contribution in [0.1, 0.15) is 0 Å². The molecule has 0 atom stereocenters. The number of carbonyl (C=O) groups is 1. The van der Waals surface area contributed by atoms with Crippen LogP contribution in [0.3, 0.4) is 0 Å². The van der Waals surface area contributed by atoms with E-state index in [4.69, 9.17) is 4.74 Å². The molecule has 1 fully saturated rings. The molecule has 0 radical (unpaired) electrons. The summed E-state index contributed by atoms with van der Waals surface area (Å²) in [7, 11) is 0. The lowest BCUT2D eigenvalue weighted by atomic mass is 10.2. The van der Waals surface area contributed by atoms with E-state index < -0.39 is 17.7 Å². The van der Waals surface area contributed by atoms with Crippen LogP contribution in [0.2, 0.25) is 0 Å². The Balaban J connectivity index is 1.50. The fourth-order valence-corrected chi connectivity index (χ4v) is 3.20. The highest BCUT2D eigenvalue weighted by Crippen LogP contribution is 2.26. The minimum absolute atomic E-state index is 0.0264. The molecule has 3 rings (SSSR count). The van der Waals surface area contributed by atoms with Crippen molar-refractivity contribution in [3.8, 4) is 5.75 Å². The lowest BCUT2D eigenvalue weighted by Gasteiger charge is -2.35. The van der Waals surface area contributed by atoms with Gasteiger partial charge in [-0.25, -0.2) is 0 Å². The van der Waals surface area contributed by atoms with E-state index >= 15 is 0 Å². The Morgan fingerprint density at radius 2 is 1.71 bits per heavy atom. The molecular weight excluding hydrogens is 417 g/mol. The number of nitro benzene ring substituents is 1. The second kappa shape index (κ2) is 9.65. The number of amides is 1. The lowest BCUT2D eigenvalue weighted by Crippen LogP contribution is -2.48. The maximum atomic E-state index is 12.4. The van der Waals surface area contributed by atoms with Gasteiger partial charge in [-0.1, -0.05) is 12.1 Å². The molecule has 11 heteroatoms. The molecule has 31 heavy (non-hydrogen) atoms. The smallest absolute Gasteiger partial charge is 0.422 e. The number of nitrogens with one attached hydrogen (secondary N) is 1. The van der Waals surface area contributed by atoms with Crippen LogP contribution in [-0.4, -0.2) is 61.2 Å². The predicted molar refractivity (Wildman–Crippen MR) is 108 cm³/mol. The molecule has 1 heterocycles. The van der Waals surface area contributed by atoms with Crippen LogP contribution in [0.15, 0.2) is 48.5 Å². The first-order valence-corrected chi connectivity index (χ1v) is 9.51. The summed E-state index contributed by atoms with van der Waals surface area (Å²) >= 11 is 0. The molecule has 1 amide bonds. The van der Waals surface area contributed by atoms with Crippen LogP contribution in [0.5, 0.6) is 5.75 Å². The molecule has 1 aliphatic rings. The topological polar surface area (TPSA) is 88.0 Å². The number of alkyl halides is 3. The molecular formula is C20H21F3N4O4. The van der Waals surface area contributed by atoms with E-state index in [9.17, 15) is 28.1 Å². The van der Waals surface area contributed by atoms with Crippen molar-refractivity contribution < 1.29 is 27.6 Å². The maximum absolute atomic E-state index is 12.4. The third kappa shape index (κ3) is 6.57. The normalized spacial score (nSPS) is 14.9. The minimum Gasteiger partial charge on any atom is -0.482 e. The van der Waals surface area contributed by atoms with E-state index in [-0.39, 0.29) is 29.6 Å². The first kappa shape index (κ1) is 22.3. The van der Waals surface area contributed by atoms with Gasteiger partial charge in [0.2, 0.25) is 5.91 Å². The number of anilines is 2. The van der Waals surface area contributed by atoms with Gasteiger partial charge in [-0.3, -0.25) is 19.8 Å². The monoisotopic (exact) mass is 438 g/mol. The van der Waals surface area contributed by atoms with Crippen molar-refractivity contribution in [1.82, 2.24) is 4.90 Å². The highest BCUT2D eigenvalue weighted by molar-refractivity contribution is 5.93. The molecule has 8 nitrogen and oxygen atoms in total. The number of piperazine rings is 1. The van der Waals surface area contributed by atoms with Gasteiger partial charge >= 0.3 is 6.18 Å². The van der Waals surface area contributed by atoms with Crippen molar-refractivity contribution in [2.75, 3.05) is 49.5 Å². The number of ether oxygens (including phenoxy) is 1. The van der Waals surface area contributed by atoms with Gasteiger partial charge < -0.3 is 15.0 Å². The summed E-state index contributed by atoms with van der Waals surface area (Å²) in [4.78, 5) is 26.7. The summed E-state index contributed by atoms with van der Waals surface area (Å²) in [5, 5.41) is 13.4. The summed E-state index contributed by atoms with van der Waals surface area (Å²) in [6.07, 6.45) is -4.47. The van der Waals surface area contributed by atoms with Crippen LogP contribution in [0, 0.1) is 10.1 Å². The SMILES string of the molecule is O=C(CN1CCN(c2ccc([N+](=O)[O-])cc2)CC1)Nc1ccccc1OCC(F)(F)F. The summed E-state index contributed by atoms with van der Waals surface area (Å²) in [6.45, 7) is 1.10. The number of rotatable bonds is 7. The van der Waals surface area contributed by atoms with Gasteiger partial charge in [-0.15, -0.1) is 0 Å². The van der Waals surface area contributed by atoms with E-state index in [1.54, 1.807) is 18.2 Å². The average molecular weight is 438 g/mol. The Morgan fingerprint density at radius 3 is 2.32 bits per heavy atom. The van der Waals surface area contributed by atoms with Crippen LogP contribution in [0.4, 0.5) is 30.2 Å². The largest absolute Gasteiger partial charge is 0.482 e. The number of para-hydroxylation sites is 2. The number of hydrogen-bond acceptors (Lipinski definition) is 6. The van der Waals surface area contributed by atoms with Gasteiger partial charge in [0, 0.05) is 44.0 Å². The molecule has 2 aromatic rings. The standard InChI is InChI=1S/C20H21F3N4O4/c21-20(22,23)14-31-18-4-2-1-3-17(18)24-19(28)13-25-9-11-26(12-10-25)15-5-7-16(8-6-15)27(29)30/h1-8H,9-14H2,(H,24,28). The number of benzene rings is 2. The van der Waals surface area contributed by atoms with E-state index in [1.165, 1.54) is 30.3 Å². The summed E-state index contributed by atoms with van der Waals surface area (Å²) in [5.74, 6) is -0.400. The second-order valence-corrected chi connectivity index (χ2v) is 6.98. The second-order valence-electron chi connectivity index (χ2n) is 6.98. The fraction of sp³-hybridized carbons (Fsp3) is 0.350. The Labute approximate surface area is 176 Å². The van der Waals surface area contributed by atoms with Gasteiger partial charge in [0.15, 0.2) is 6.61 Å². The van der Waals surface area contributed by atoms with E-state index in [0.717, 1.165) is 5.69 Å². The molecule has 2 aromatic carbocycles. The predicted octanol–water partition coefficient (Wildman–Crippen LogP) is 3.30. The Morgan fingerprint density at radius 1 is 1.06 bits per heavy atom. The zero-order valence-electron chi connectivity index (χ0n) is 16.5.